The summed E-state index contributed by atoms with van der Waals surface area (Å²) in [6.07, 6.45) is 1.64. The number of nitrogens with zero attached hydrogens (tertiary/aromatic N) is 2. The number of benzene rings is 1. The number of halogens is 1. The van der Waals surface area contributed by atoms with Crippen molar-refractivity contribution in [3.63, 3.8) is 0 Å². The Morgan fingerprint density at radius 3 is 2.75 bits per heavy atom. The number of aromatic nitrogens is 1. The molecule has 0 radical (unpaired) electrons. The predicted molar refractivity (Wildman–Crippen MR) is 85.1 cm³/mol. The van der Waals surface area contributed by atoms with Crippen LogP contribution in [-0.2, 0) is 0 Å². The molecule has 104 valence electrons. The van der Waals surface area contributed by atoms with Crippen LogP contribution >= 0.6 is 15.9 Å². The van der Waals surface area contributed by atoms with Crippen LogP contribution in [0, 0.1) is 0 Å². The molecule has 0 aliphatic heterocycles. The Hall–Kier alpha value is -2.08. The Morgan fingerprint density at radius 2 is 2.10 bits per heavy atom. The van der Waals surface area contributed by atoms with E-state index in [4.69, 9.17) is 5.73 Å². The highest BCUT2D eigenvalue weighted by atomic mass is 79.9. The molecule has 0 fully saturated rings. The van der Waals surface area contributed by atoms with Gasteiger partial charge >= 0.3 is 0 Å². The number of nitrogens with two attached hydrogens (primary N) is 1. The highest BCUT2D eigenvalue weighted by Crippen LogP contribution is 2.24. The Morgan fingerprint density at radius 1 is 1.35 bits per heavy atom. The van der Waals surface area contributed by atoms with Gasteiger partial charge < -0.3 is 16.0 Å². The van der Waals surface area contributed by atoms with Crippen molar-refractivity contribution in [1.29, 1.82) is 0 Å². The minimum atomic E-state index is -0.227. The van der Waals surface area contributed by atoms with E-state index in [0.717, 1.165) is 5.69 Å². The third-order valence-corrected chi connectivity index (χ3v) is 3.39. The molecule has 0 saturated heterocycles. The number of nitrogen functional groups attached to an aromatic ring is 1. The summed E-state index contributed by atoms with van der Waals surface area (Å²) in [6, 6.07) is 8.78. The summed E-state index contributed by atoms with van der Waals surface area (Å²) in [5.41, 5.74) is 8.25. The molecule has 20 heavy (non-hydrogen) atoms. The zero-order chi connectivity index (χ0) is 14.7. The summed E-state index contributed by atoms with van der Waals surface area (Å²) in [5.74, 6) is -0.227. The first-order chi connectivity index (χ1) is 9.49. The highest BCUT2D eigenvalue weighted by Gasteiger charge is 2.14. The van der Waals surface area contributed by atoms with Crippen LogP contribution < -0.4 is 16.0 Å². The van der Waals surface area contributed by atoms with E-state index in [1.165, 1.54) is 0 Å². The van der Waals surface area contributed by atoms with Gasteiger partial charge in [-0.1, -0.05) is 0 Å². The maximum atomic E-state index is 12.4. The topological polar surface area (TPSA) is 71.2 Å². The van der Waals surface area contributed by atoms with Crippen LogP contribution in [0.25, 0.3) is 0 Å². The number of pyridine rings is 1. The van der Waals surface area contributed by atoms with E-state index < -0.39 is 0 Å². The molecular formula is C14H15BrN4O. The van der Waals surface area contributed by atoms with Gasteiger partial charge in [0.05, 0.1) is 11.3 Å². The fourth-order valence-corrected chi connectivity index (χ4v) is 2.14. The van der Waals surface area contributed by atoms with Crippen LogP contribution in [0.4, 0.5) is 17.1 Å². The monoisotopic (exact) mass is 334 g/mol. The van der Waals surface area contributed by atoms with Gasteiger partial charge in [-0.05, 0) is 46.3 Å². The van der Waals surface area contributed by atoms with Gasteiger partial charge in [0.1, 0.15) is 4.60 Å². The average Bonchev–Trinajstić information content (AvgIpc) is 2.40. The number of hydrogen-bond acceptors (Lipinski definition) is 4. The average molecular weight is 335 g/mol. The number of anilines is 3. The second kappa shape index (κ2) is 5.92. The Labute approximate surface area is 125 Å². The van der Waals surface area contributed by atoms with Crippen molar-refractivity contribution in [1.82, 2.24) is 4.98 Å². The number of hydrogen-bond donors (Lipinski definition) is 2. The van der Waals surface area contributed by atoms with Gasteiger partial charge in [0.2, 0.25) is 0 Å². The second-order valence-electron chi connectivity index (χ2n) is 4.47. The van der Waals surface area contributed by atoms with Crippen molar-refractivity contribution >= 4 is 38.9 Å². The summed E-state index contributed by atoms with van der Waals surface area (Å²) >= 11 is 3.30. The summed E-state index contributed by atoms with van der Waals surface area (Å²) in [6.45, 7) is 0. The van der Waals surface area contributed by atoms with Crippen LogP contribution in [0.3, 0.4) is 0 Å². The van der Waals surface area contributed by atoms with Gasteiger partial charge in [-0.25, -0.2) is 4.98 Å². The smallest absolute Gasteiger partial charge is 0.257 e. The van der Waals surface area contributed by atoms with Crippen LogP contribution in [0.5, 0.6) is 0 Å². The second-order valence-corrected chi connectivity index (χ2v) is 5.22. The minimum Gasteiger partial charge on any atom is -0.399 e. The maximum Gasteiger partial charge on any atom is 0.257 e. The molecule has 0 spiro atoms. The molecule has 0 unspecified atom stereocenters. The lowest BCUT2D eigenvalue weighted by Gasteiger charge is -2.17. The molecule has 3 N–H and O–H groups in total. The molecule has 1 aromatic heterocycles. The van der Waals surface area contributed by atoms with Gasteiger partial charge in [-0.3, -0.25) is 4.79 Å². The first-order valence-corrected chi connectivity index (χ1v) is 6.77. The lowest BCUT2D eigenvalue weighted by Crippen LogP contribution is -2.19. The third kappa shape index (κ3) is 3.08. The normalized spacial score (nSPS) is 10.2. The molecule has 0 bridgehead atoms. The fourth-order valence-electron chi connectivity index (χ4n) is 1.79. The first kappa shape index (κ1) is 14.3. The van der Waals surface area contributed by atoms with Crippen molar-refractivity contribution < 1.29 is 4.79 Å². The third-order valence-electron chi connectivity index (χ3n) is 2.75. The van der Waals surface area contributed by atoms with Crippen molar-refractivity contribution in [3.05, 3.63) is 46.7 Å². The van der Waals surface area contributed by atoms with Crippen LogP contribution in [-0.4, -0.2) is 25.0 Å². The molecule has 6 heteroatoms. The van der Waals surface area contributed by atoms with Crippen LogP contribution in [0.2, 0.25) is 0 Å². The van der Waals surface area contributed by atoms with E-state index in [-0.39, 0.29) is 5.91 Å². The van der Waals surface area contributed by atoms with E-state index in [0.29, 0.717) is 21.5 Å². The quantitative estimate of drug-likeness (QED) is 0.668. The number of rotatable bonds is 3. The van der Waals surface area contributed by atoms with E-state index in [9.17, 15) is 4.79 Å². The van der Waals surface area contributed by atoms with Crippen molar-refractivity contribution in [2.24, 2.45) is 0 Å². The van der Waals surface area contributed by atoms with E-state index in [1.54, 1.807) is 30.5 Å². The summed E-state index contributed by atoms with van der Waals surface area (Å²) in [7, 11) is 3.75. The van der Waals surface area contributed by atoms with E-state index in [2.05, 4.69) is 26.2 Å². The Kier molecular flexibility index (Phi) is 4.24. The summed E-state index contributed by atoms with van der Waals surface area (Å²) in [5, 5.41) is 2.82. The fraction of sp³-hybridized carbons (Fsp3) is 0.143. The first-order valence-electron chi connectivity index (χ1n) is 5.97. The molecular weight excluding hydrogens is 320 g/mol. The lowest BCUT2D eigenvalue weighted by atomic mass is 10.1. The number of carbonyl (C=O) groups is 1. The van der Waals surface area contributed by atoms with Crippen molar-refractivity contribution in [2.75, 3.05) is 30.0 Å². The van der Waals surface area contributed by atoms with E-state index >= 15 is 0 Å². The van der Waals surface area contributed by atoms with Gasteiger partial charge in [0, 0.05) is 31.7 Å². The standard InChI is InChI=1S/C14H15BrN4O/c1-19(2)12-6-5-9(16)8-10(12)14(20)18-11-4-3-7-17-13(11)15/h3-8H,16H2,1-2H3,(H,18,20). The molecule has 1 heterocycles. The Bertz CT molecular complexity index is 643. The van der Waals surface area contributed by atoms with Crippen LogP contribution in [0.1, 0.15) is 10.4 Å². The largest absolute Gasteiger partial charge is 0.399 e. The highest BCUT2D eigenvalue weighted by molar-refractivity contribution is 9.10. The Balaban J connectivity index is 2.34. The summed E-state index contributed by atoms with van der Waals surface area (Å²) in [4.78, 5) is 18.3. The van der Waals surface area contributed by atoms with E-state index in [1.807, 2.05) is 25.1 Å². The molecule has 0 atom stereocenters. The van der Waals surface area contributed by atoms with Gasteiger partial charge in [-0.15, -0.1) is 0 Å². The predicted octanol–water partition coefficient (Wildman–Crippen LogP) is 2.74. The van der Waals surface area contributed by atoms with Crippen LogP contribution in [0.15, 0.2) is 41.1 Å². The molecule has 2 rings (SSSR count). The molecule has 1 aromatic carbocycles. The zero-order valence-corrected chi connectivity index (χ0v) is 12.8. The van der Waals surface area contributed by atoms with Crippen molar-refractivity contribution in [3.8, 4) is 0 Å². The molecule has 1 amide bonds. The number of nitrogens with one attached hydrogen (secondary N) is 1. The maximum absolute atomic E-state index is 12.4. The summed E-state index contributed by atoms with van der Waals surface area (Å²) < 4.78 is 0.587. The van der Waals surface area contributed by atoms with Gasteiger partial charge in [-0.2, -0.15) is 0 Å². The molecule has 0 aliphatic carbocycles. The number of amides is 1. The van der Waals surface area contributed by atoms with Gasteiger partial charge in [0.25, 0.3) is 5.91 Å². The van der Waals surface area contributed by atoms with Gasteiger partial charge in [0.15, 0.2) is 0 Å². The molecule has 0 saturated carbocycles. The zero-order valence-electron chi connectivity index (χ0n) is 11.2. The molecule has 0 aliphatic rings. The molecule has 5 nitrogen and oxygen atoms in total. The molecule has 2 aromatic rings. The SMILES string of the molecule is CN(C)c1ccc(N)cc1C(=O)Nc1cccnc1Br. The van der Waals surface area contributed by atoms with Crippen molar-refractivity contribution in [2.45, 2.75) is 0 Å². The number of carbonyl (C=O) groups excluding carboxylic acids is 1. The minimum absolute atomic E-state index is 0.227. The lowest BCUT2D eigenvalue weighted by molar-refractivity contribution is 0.102.